The smallest absolute Gasteiger partial charge is 0.230 e. The molecule has 30 heavy (non-hydrogen) atoms. The van der Waals surface area contributed by atoms with Crippen molar-refractivity contribution in [2.24, 2.45) is 0 Å². The van der Waals surface area contributed by atoms with Crippen molar-refractivity contribution in [1.82, 2.24) is 20.1 Å². The number of allylic oxidation sites excluding steroid dienone is 1. The zero-order valence-corrected chi connectivity index (χ0v) is 17.9. The number of ether oxygens (including phenoxy) is 1. The summed E-state index contributed by atoms with van der Waals surface area (Å²) >= 11 is 1.36. The number of aromatic nitrogens is 3. The molecule has 0 saturated carbocycles. The maximum Gasteiger partial charge on any atom is 0.230 e. The Morgan fingerprint density at radius 2 is 1.93 bits per heavy atom. The highest BCUT2D eigenvalue weighted by molar-refractivity contribution is 7.99. The number of thioether (sulfide) groups is 1. The lowest BCUT2D eigenvalue weighted by Gasteiger charge is -2.10. The fraction of sp³-hybridized carbons (Fsp3) is 0.261. The van der Waals surface area contributed by atoms with Crippen molar-refractivity contribution in [3.63, 3.8) is 0 Å². The van der Waals surface area contributed by atoms with Gasteiger partial charge in [0.05, 0.1) is 5.75 Å². The first-order chi connectivity index (χ1) is 14.7. The van der Waals surface area contributed by atoms with Gasteiger partial charge in [0, 0.05) is 13.1 Å². The monoisotopic (exact) mass is 422 g/mol. The molecule has 0 atom stereocenters. The molecule has 1 amide bonds. The molecule has 0 bridgehead atoms. The van der Waals surface area contributed by atoms with E-state index in [1.807, 2.05) is 54.0 Å². The largest absolute Gasteiger partial charge is 0.485 e. The number of para-hydroxylation sites is 1. The van der Waals surface area contributed by atoms with Gasteiger partial charge in [0.2, 0.25) is 5.91 Å². The summed E-state index contributed by atoms with van der Waals surface area (Å²) in [5, 5.41) is 12.1. The average Bonchev–Trinajstić information content (AvgIpc) is 3.14. The van der Waals surface area contributed by atoms with Crippen LogP contribution in [0.25, 0.3) is 0 Å². The Kier molecular flexibility index (Phi) is 8.09. The Balaban J connectivity index is 1.52. The second kappa shape index (κ2) is 11.2. The van der Waals surface area contributed by atoms with Gasteiger partial charge >= 0.3 is 0 Å². The van der Waals surface area contributed by atoms with Gasteiger partial charge in [0.25, 0.3) is 0 Å². The quantitative estimate of drug-likeness (QED) is 0.376. The summed E-state index contributed by atoms with van der Waals surface area (Å²) in [7, 11) is 0. The number of rotatable bonds is 11. The molecule has 7 heteroatoms. The summed E-state index contributed by atoms with van der Waals surface area (Å²) < 4.78 is 7.82. The number of hydrogen-bond acceptors (Lipinski definition) is 5. The molecule has 0 radical (unpaired) electrons. The Labute approximate surface area is 181 Å². The lowest BCUT2D eigenvalue weighted by molar-refractivity contribution is -0.118. The molecule has 0 fully saturated rings. The fourth-order valence-corrected chi connectivity index (χ4v) is 3.67. The zero-order valence-electron chi connectivity index (χ0n) is 17.1. The van der Waals surface area contributed by atoms with E-state index in [0.717, 1.165) is 17.7 Å². The second-order valence-electron chi connectivity index (χ2n) is 6.73. The molecule has 156 valence electrons. The van der Waals surface area contributed by atoms with Crippen LogP contribution in [0.5, 0.6) is 5.75 Å². The third kappa shape index (κ3) is 6.22. The third-order valence-electron chi connectivity index (χ3n) is 4.47. The Bertz CT molecular complexity index is 972. The number of benzene rings is 2. The number of nitrogens with one attached hydrogen (secondary N) is 1. The van der Waals surface area contributed by atoms with E-state index in [0.29, 0.717) is 30.7 Å². The number of hydrogen-bond donors (Lipinski definition) is 1. The van der Waals surface area contributed by atoms with Gasteiger partial charge in [-0.05, 0) is 30.5 Å². The highest BCUT2D eigenvalue weighted by Gasteiger charge is 2.14. The summed E-state index contributed by atoms with van der Waals surface area (Å²) in [6.45, 7) is 7.27. The van der Waals surface area contributed by atoms with Gasteiger partial charge in [-0.1, -0.05) is 66.4 Å². The van der Waals surface area contributed by atoms with Gasteiger partial charge in [0.15, 0.2) is 11.0 Å². The van der Waals surface area contributed by atoms with Crippen LogP contribution in [0.1, 0.15) is 17.0 Å². The first kappa shape index (κ1) is 21.6. The molecule has 0 aliphatic heterocycles. The molecular weight excluding hydrogens is 396 g/mol. The molecule has 2 aromatic carbocycles. The topological polar surface area (TPSA) is 69.0 Å². The lowest BCUT2D eigenvalue weighted by Crippen LogP contribution is -2.27. The molecule has 0 unspecified atom stereocenters. The molecule has 6 nitrogen and oxygen atoms in total. The molecule has 1 heterocycles. The number of nitrogens with zero attached hydrogens (tertiary/aromatic N) is 3. The Morgan fingerprint density at radius 1 is 1.17 bits per heavy atom. The van der Waals surface area contributed by atoms with E-state index >= 15 is 0 Å². The van der Waals surface area contributed by atoms with Crippen LogP contribution < -0.4 is 10.1 Å². The average molecular weight is 423 g/mol. The van der Waals surface area contributed by atoms with Gasteiger partial charge in [-0.15, -0.1) is 16.8 Å². The van der Waals surface area contributed by atoms with E-state index in [2.05, 4.69) is 34.2 Å². The van der Waals surface area contributed by atoms with Crippen molar-refractivity contribution in [2.75, 3.05) is 12.3 Å². The van der Waals surface area contributed by atoms with Crippen LogP contribution in [0.4, 0.5) is 0 Å². The molecule has 0 spiro atoms. The summed E-state index contributed by atoms with van der Waals surface area (Å²) in [5.74, 6) is 1.77. The number of carbonyl (C=O) groups excluding carboxylic acids is 1. The summed E-state index contributed by atoms with van der Waals surface area (Å²) in [6.07, 6.45) is 2.59. The molecular formula is C23H26N4O2S. The minimum atomic E-state index is -0.0261. The van der Waals surface area contributed by atoms with Crippen LogP contribution >= 0.6 is 11.8 Å². The summed E-state index contributed by atoms with van der Waals surface area (Å²) in [5.41, 5.74) is 2.27. The van der Waals surface area contributed by atoms with Gasteiger partial charge in [0.1, 0.15) is 12.4 Å². The molecule has 1 aromatic heterocycles. The van der Waals surface area contributed by atoms with E-state index in [9.17, 15) is 4.79 Å². The van der Waals surface area contributed by atoms with E-state index in [1.165, 1.54) is 17.3 Å². The van der Waals surface area contributed by atoms with Crippen molar-refractivity contribution in [3.8, 4) is 5.75 Å². The maximum atomic E-state index is 12.2. The van der Waals surface area contributed by atoms with Crippen LogP contribution in [-0.2, 0) is 24.4 Å². The van der Waals surface area contributed by atoms with E-state index in [-0.39, 0.29) is 11.7 Å². The van der Waals surface area contributed by atoms with Crippen molar-refractivity contribution in [2.45, 2.75) is 31.7 Å². The number of amides is 1. The molecule has 0 aliphatic carbocycles. The maximum absolute atomic E-state index is 12.2. The van der Waals surface area contributed by atoms with Crippen molar-refractivity contribution < 1.29 is 9.53 Å². The highest BCUT2D eigenvalue weighted by Crippen LogP contribution is 2.20. The fourth-order valence-electron chi connectivity index (χ4n) is 2.88. The predicted octanol–water partition coefficient (Wildman–Crippen LogP) is 3.80. The van der Waals surface area contributed by atoms with Gasteiger partial charge < -0.3 is 10.1 Å². The van der Waals surface area contributed by atoms with Crippen LogP contribution in [0, 0.1) is 6.92 Å². The van der Waals surface area contributed by atoms with Crippen molar-refractivity contribution in [3.05, 3.63) is 84.2 Å². The van der Waals surface area contributed by atoms with E-state index in [1.54, 1.807) is 6.08 Å². The van der Waals surface area contributed by atoms with Gasteiger partial charge in [-0.3, -0.25) is 9.36 Å². The zero-order chi connectivity index (χ0) is 21.2. The number of aryl methyl sites for hydroxylation is 1. The van der Waals surface area contributed by atoms with Crippen LogP contribution in [0.2, 0.25) is 0 Å². The van der Waals surface area contributed by atoms with E-state index in [4.69, 9.17) is 4.74 Å². The third-order valence-corrected chi connectivity index (χ3v) is 5.43. The van der Waals surface area contributed by atoms with Crippen LogP contribution in [0.15, 0.2) is 72.4 Å². The SMILES string of the molecule is C=CCn1c(COc2ccccc2C)nnc1SCC(=O)NCCc1ccccc1. The van der Waals surface area contributed by atoms with E-state index < -0.39 is 0 Å². The van der Waals surface area contributed by atoms with Crippen molar-refractivity contribution in [1.29, 1.82) is 0 Å². The molecule has 0 aliphatic rings. The Morgan fingerprint density at radius 3 is 2.70 bits per heavy atom. The van der Waals surface area contributed by atoms with Gasteiger partial charge in [-0.2, -0.15) is 0 Å². The summed E-state index contributed by atoms with van der Waals surface area (Å²) in [4.78, 5) is 12.2. The predicted molar refractivity (Wildman–Crippen MR) is 120 cm³/mol. The molecule has 0 saturated heterocycles. The minimum Gasteiger partial charge on any atom is -0.485 e. The minimum absolute atomic E-state index is 0.0261. The number of carbonyl (C=O) groups is 1. The lowest BCUT2D eigenvalue weighted by atomic mass is 10.1. The normalized spacial score (nSPS) is 10.6. The van der Waals surface area contributed by atoms with Crippen LogP contribution in [0.3, 0.4) is 0 Å². The summed E-state index contributed by atoms with van der Waals surface area (Å²) in [6, 6.07) is 17.9. The highest BCUT2D eigenvalue weighted by atomic mass is 32.2. The first-order valence-electron chi connectivity index (χ1n) is 9.82. The second-order valence-corrected chi connectivity index (χ2v) is 7.67. The molecule has 3 rings (SSSR count). The first-order valence-corrected chi connectivity index (χ1v) is 10.8. The van der Waals surface area contributed by atoms with Crippen LogP contribution in [-0.4, -0.2) is 33.0 Å². The Hall–Kier alpha value is -3.06. The standard InChI is InChI=1S/C23H26N4O2S/c1-3-15-27-21(16-29-20-12-8-7-9-18(20)2)25-26-23(27)30-17-22(28)24-14-13-19-10-5-4-6-11-19/h3-12H,1,13-17H2,2H3,(H,24,28). The van der Waals surface area contributed by atoms with Crippen molar-refractivity contribution >= 4 is 17.7 Å². The molecule has 3 aromatic rings. The molecule has 1 N–H and O–H groups in total. The van der Waals surface area contributed by atoms with Gasteiger partial charge in [-0.25, -0.2) is 0 Å².